The highest BCUT2D eigenvalue weighted by atomic mass is 32.2. The Morgan fingerprint density at radius 3 is 2.33 bits per heavy atom. The van der Waals surface area contributed by atoms with Crippen LogP contribution in [0, 0.1) is 0 Å². The molecule has 0 N–H and O–H groups in total. The van der Waals surface area contributed by atoms with Crippen molar-refractivity contribution in [1.82, 2.24) is 0 Å². The lowest BCUT2D eigenvalue weighted by atomic mass is 10.1. The molecule has 5 rings (SSSR count). The van der Waals surface area contributed by atoms with Crippen LogP contribution in [-0.2, 0) is 11.4 Å². The summed E-state index contributed by atoms with van der Waals surface area (Å²) in [7, 11) is 3.07. The minimum absolute atomic E-state index is 0.317. The third kappa shape index (κ3) is 4.65. The van der Waals surface area contributed by atoms with Gasteiger partial charge in [0.2, 0.25) is 0 Å². The standard InChI is InChI=1S/C29H23NO5S/c1-33-24-10-6-5-9-23(24)30-28(31)27(36-29(30)32)17-19-12-14-25(26(16-19)34-2)35-18-20-11-13-21-7-3-4-8-22(21)15-20/h3-17H,18H2,1-2H3/b27-17-. The number of rotatable bonds is 7. The van der Waals surface area contributed by atoms with Gasteiger partial charge in [0, 0.05) is 0 Å². The molecule has 1 saturated heterocycles. The van der Waals surface area contributed by atoms with E-state index in [0.29, 0.717) is 34.4 Å². The molecule has 2 amide bonds. The van der Waals surface area contributed by atoms with Gasteiger partial charge in [-0.3, -0.25) is 9.59 Å². The molecule has 0 radical (unpaired) electrons. The predicted octanol–water partition coefficient (Wildman–Crippen LogP) is 6.68. The monoisotopic (exact) mass is 497 g/mol. The van der Waals surface area contributed by atoms with Gasteiger partial charge in [0.25, 0.3) is 11.1 Å². The lowest BCUT2D eigenvalue weighted by Crippen LogP contribution is -2.28. The molecule has 1 aliphatic heterocycles. The molecule has 7 heteroatoms. The summed E-state index contributed by atoms with van der Waals surface area (Å²) >= 11 is 0.888. The number of nitrogens with zero attached hydrogens (tertiary/aromatic N) is 1. The molecule has 36 heavy (non-hydrogen) atoms. The number of carbonyl (C=O) groups excluding carboxylic acids is 2. The van der Waals surface area contributed by atoms with E-state index in [4.69, 9.17) is 14.2 Å². The Kier molecular flexibility index (Phi) is 6.64. The molecule has 0 saturated carbocycles. The van der Waals surface area contributed by atoms with Crippen molar-refractivity contribution in [3.05, 3.63) is 101 Å². The lowest BCUT2D eigenvalue weighted by molar-refractivity contribution is -0.113. The van der Waals surface area contributed by atoms with Crippen LogP contribution in [0.3, 0.4) is 0 Å². The van der Waals surface area contributed by atoms with E-state index in [9.17, 15) is 9.59 Å². The quantitative estimate of drug-likeness (QED) is 0.266. The highest BCUT2D eigenvalue weighted by Gasteiger charge is 2.37. The second kappa shape index (κ2) is 10.2. The fourth-order valence-corrected chi connectivity index (χ4v) is 4.86. The van der Waals surface area contributed by atoms with Gasteiger partial charge in [-0.05, 0) is 70.1 Å². The Labute approximate surface area is 213 Å². The fourth-order valence-electron chi connectivity index (χ4n) is 4.02. The summed E-state index contributed by atoms with van der Waals surface area (Å²) in [6.07, 6.45) is 1.68. The van der Waals surface area contributed by atoms with Crippen LogP contribution in [-0.4, -0.2) is 25.4 Å². The van der Waals surface area contributed by atoms with E-state index in [1.54, 1.807) is 49.6 Å². The van der Waals surface area contributed by atoms with Gasteiger partial charge >= 0.3 is 0 Å². The van der Waals surface area contributed by atoms with Gasteiger partial charge in [-0.1, -0.05) is 54.6 Å². The summed E-state index contributed by atoms with van der Waals surface area (Å²) in [5, 5.41) is 1.96. The number of ether oxygens (including phenoxy) is 3. The van der Waals surface area contributed by atoms with Gasteiger partial charge in [-0.2, -0.15) is 0 Å². The number of fused-ring (bicyclic) bond motifs is 1. The van der Waals surface area contributed by atoms with Crippen LogP contribution in [0.1, 0.15) is 11.1 Å². The molecule has 0 spiro atoms. The first-order valence-electron chi connectivity index (χ1n) is 11.3. The number of imide groups is 1. The smallest absolute Gasteiger partial charge is 0.298 e. The Balaban J connectivity index is 1.35. The van der Waals surface area contributed by atoms with Crippen LogP contribution >= 0.6 is 11.8 Å². The molecular weight excluding hydrogens is 474 g/mol. The van der Waals surface area contributed by atoms with Crippen molar-refractivity contribution in [3.63, 3.8) is 0 Å². The largest absolute Gasteiger partial charge is 0.495 e. The van der Waals surface area contributed by atoms with Crippen LogP contribution in [0.4, 0.5) is 10.5 Å². The molecule has 1 fully saturated rings. The SMILES string of the molecule is COc1cc(/C=C2\SC(=O)N(c3ccccc3OC)C2=O)ccc1OCc1ccc2ccccc2c1. The number of hydrogen-bond donors (Lipinski definition) is 0. The Morgan fingerprint density at radius 1 is 0.778 bits per heavy atom. The first-order chi connectivity index (χ1) is 17.6. The third-order valence-corrected chi connectivity index (χ3v) is 6.68. The molecule has 0 bridgehead atoms. The Hall–Kier alpha value is -4.23. The number of para-hydroxylation sites is 2. The number of thioether (sulfide) groups is 1. The molecule has 1 heterocycles. The average Bonchev–Trinajstić information content (AvgIpc) is 3.19. The van der Waals surface area contributed by atoms with Crippen LogP contribution in [0.2, 0.25) is 0 Å². The molecule has 0 atom stereocenters. The van der Waals surface area contributed by atoms with Crippen molar-refractivity contribution in [1.29, 1.82) is 0 Å². The minimum atomic E-state index is -0.398. The van der Waals surface area contributed by atoms with Crippen molar-refractivity contribution in [3.8, 4) is 17.2 Å². The van der Waals surface area contributed by atoms with Crippen molar-refractivity contribution >= 4 is 45.4 Å². The van der Waals surface area contributed by atoms with Crippen LogP contribution in [0.15, 0.2) is 89.8 Å². The van der Waals surface area contributed by atoms with E-state index < -0.39 is 5.91 Å². The van der Waals surface area contributed by atoms with Gasteiger partial charge in [-0.25, -0.2) is 4.90 Å². The van der Waals surface area contributed by atoms with E-state index in [1.165, 1.54) is 12.5 Å². The maximum absolute atomic E-state index is 13.1. The average molecular weight is 498 g/mol. The van der Waals surface area contributed by atoms with E-state index in [2.05, 4.69) is 24.3 Å². The summed E-state index contributed by atoms with van der Waals surface area (Å²) in [6.45, 7) is 0.387. The fraction of sp³-hybridized carbons (Fsp3) is 0.103. The second-order valence-corrected chi connectivity index (χ2v) is 9.06. The Bertz CT molecular complexity index is 1500. The van der Waals surface area contributed by atoms with Crippen LogP contribution in [0.5, 0.6) is 17.2 Å². The van der Waals surface area contributed by atoms with Crippen molar-refractivity contribution in [2.45, 2.75) is 6.61 Å². The summed E-state index contributed by atoms with van der Waals surface area (Å²) in [5.74, 6) is 1.18. The van der Waals surface area contributed by atoms with E-state index in [0.717, 1.165) is 33.2 Å². The minimum Gasteiger partial charge on any atom is -0.495 e. The zero-order valence-electron chi connectivity index (χ0n) is 19.8. The van der Waals surface area contributed by atoms with Crippen LogP contribution in [0.25, 0.3) is 16.8 Å². The summed E-state index contributed by atoms with van der Waals surface area (Å²) in [5.41, 5.74) is 2.18. The van der Waals surface area contributed by atoms with Gasteiger partial charge in [0.05, 0.1) is 24.8 Å². The number of methoxy groups -OCH3 is 2. The van der Waals surface area contributed by atoms with Crippen molar-refractivity contribution in [2.24, 2.45) is 0 Å². The number of amides is 2. The zero-order valence-corrected chi connectivity index (χ0v) is 20.6. The van der Waals surface area contributed by atoms with E-state index >= 15 is 0 Å². The number of anilines is 1. The molecule has 1 aliphatic rings. The lowest BCUT2D eigenvalue weighted by Gasteiger charge is -2.15. The molecule has 6 nitrogen and oxygen atoms in total. The van der Waals surface area contributed by atoms with Crippen LogP contribution < -0.4 is 19.1 Å². The zero-order chi connectivity index (χ0) is 25.1. The molecule has 0 aromatic heterocycles. The summed E-state index contributed by atoms with van der Waals surface area (Å²) < 4.78 is 16.9. The van der Waals surface area contributed by atoms with E-state index in [1.807, 2.05) is 24.3 Å². The molecular formula is C29H23NO5S. The summed E-state index contributed by atoms with van der Waals surface area (Å²) in [6, 6.07) is 26.8. The van der Waals surface area contributed by atoms with Gasteiger partial charge in [0.15, 0.2) is 11.5 Å². The topological polar surface area (TPSA) is 65.1 Å². The third-order valence-electron chi connectivity index (χ3n) is 5.81. The predicted molar refractivity (Wildman–Crippen MR) is 143 cm³/mol. The highest BCUT2D eigenvalue weighted by Crippen LogP contribution is 2.40. The maximum atomic E-state index is 13.1. The van der Waals surface area contributed by atoms with E-state index in [-0.39, 0.29) is 5.24 Å². The Morgan fingerprint density at radius 2 is 1.53 bits per heavy atom. The molecule has 0 aliphatic carbocycles. The highest BCUT2D eigenvalue weighted by molar-refractivity contribution is 8.19. The van der Waals surface area contributed by atoms with Crippen molar-refractivity contribution in [2.75, 3.05) is 19.1 Å². The molecule has 0 unspecified atom stereocenters. The number of carbonyl (C=O) groups is 2. The molecule has 180 valence electrons. The second-order valence-electron chi connectivity index (χ2n) is 8.07. The first kappa shape index (κ1) is 23.5. The number of hydrogen-bond acceptors (Lipinski definition) is 6. The van der Waals surface area contributed by atoms with Gasteiger partial charge in [-0.15, -0.1) is 0 Å². The maximum Gasteiger partial charge on any atom is 0.298 e. The number of benzene rings is 4. The first-order valence-corrected chi connectivity index (χ1v) is 12.1. The molecule has 4 aromatic rings. The van der Waals surface area contributed by atoms with Gasteiger partial charge in [0.1, 0.15) is 12.4 Å². The normalized spacial score (nSPS) is 14.5. The molecule has 4 aromatic carbocycles. The summed E-state index contributed by atoms with van der Waals surface area (Å²) in [4.78, 5) is 27.2. The van der Waals surface area contributed by atoms with Crippen molar-refractivity contribution < 1.29 is 23.8 Å². The van der Waals surface area contributed by atoms with Gasteiger partial charge < -0.3 is 14.2 Å².